The van der Waals surface area contributed by atoms with E-state index in [4.69, 9.17) is 16.3 Å². The molecule has 0 unspecified atom stereocenters. The van der Waals surface area contributed by atoms with E-state index in [0.717, 1.165) is 28.9 Å². The van der Waals surface area contributed by atoms with Crippen molar-refractivity contribution in [2.45, 2.75) is 13.3 Å². The van der Waals surface area contributed by atoms with Crippen LogP contribution in [0.5, 0.6) is 5.75 Å². The van der Waals surface area contributed by atoms with E-state index >= 15 is 0 Å². The lowest BCUT2D eigenvalue weighted by molar-refractivity contribution is 0.412. The molecule has 0 saturated heterocycles. The van der Waals surface area contributed by atoms with Crippen LogP contribution in [-0.2, 0) is 0 Å². The number of benzene rings is 1. The molecule has 0 bridgehead atoms. The highest BCUT2D eigenvalue weighted by Gasteiger charge is 2.07. The number of ether oxygens (including phenoxy) is 1. The van der Waals surface area contributed by atoms with Crippen molar-refractivity contribution in [1.82, 2.24) is 9.97 Å². The van der Waals surface area contributed by atoms with E-state index in [9.17, 15) is 0 Å². The fourth-order valence-corrected chi connectivity index (χ4v) is 2.34. The molecule has 0 radical (unpaired) electrons. The Labute approximate surface area is 137 Å². The maximum absolute atomic E-state index is 6.13. The summed E-state index contributed by atoms with van der Waals surface area (Å²) >= 11 is 9.57. The van der Waals surface area contributed by atoms with E-state index in [1.165, 1.54) is 0 Å². The Balaban J connectivity index is 2.20. The van der Waals surface area contributed by atoms with Gasteiger partial charge < -0.3 is 15.4 Å². The maximum Gasteiger partial charge on any atom is 0.224 e. The van der Waals surface area contributed by atoms with Crippen LogP contribution >= 0.6 is 27.5 Å². The first-order valence-electron chi connectivity index (χ1n) is 6.51. The minimum Gasteiger partial charge on any atom is -0.496 e. The van der Waals surface area contributed by atoms with Crippen LogP contribution in [0.3, 0.4) is 0 Å². The van der Waals surface area contributed by atoms with Crippen LogP contribution in [0.15, 0.2) is 28.9 Å². The molecule has 0 spiro atoms. The first kappa shape index (κ1) is 15.9. The number of nitrogens with zero attached hydrogens (tertiary/aromatic N) is 2. The molecule has 1 aromatic carbocycles. The van der Waals surface area contributed by atoms with Gasteiger partial charge >= 0.3 is 0 Å². The molecule has 5 nitrogen and oxygen atoms in total. The summed E-state index contributed by atoms with van der Waals surface area (Å²) in [6, 6.07) is 5.65. The Kier molecular flexibility index (Phi) is 5.64. The molecular formula is C14H16BrClN4O. The first-order valence-corrected chi connectivity index (χ1v) is 7.68. The van der Waals surface area contributed by atoms with Crippen molar-refractivity contribution in [3.8, 4) is 5.75 Å². The topological polar surface area (TPSA) is 59.1 Å². The van der Waals surface area contributed by atoms with E-state index < -0.39 is 0 Å². The van der Waals surface area contributed by atoms with Gasteiger partial charge in [0.15, 0.2) is 5.82 Å². The Hall–Kier alpha value is -1.53. The third kappa shape index (κ3) is 4.22. The number of hydrogen-bond donors (Lipinski definition) is 2. The summed E-state index contributed by atoms with van der Waals surface area (Å²) in [6.45, 7) is 2.89. The molecule has 0 amide bonds. The zero-order chi connectivity index (χ0) is 15.2. The Bertz CT molecular complexity index is 624. The van der Waals surface area contributed by atoms with Crippen molar-refractivity contribution < 1.29 is 4.74 Å². The summed E-state index contributed by atoms with van der Waals surface area (Å²) in [5.41, 5.74) is 0.852. The lowest BCUT2D eigenvalue weighted by Crippen LogP contribution is -2.06. The largest absolute Gasteiger partial charge is 0.496 e. The Morgan fingerprint density at radius 3 is 2.86 bits per heavy atom. The van der Waals surface area contributed by atoms with E-state index in [1.54, 1.807) is 13.3 Å². The first-order chi connectivity index (χ1) is 10.1. The minimum atomic E-state index is 0.462. The molecule has 0 aliphatic rings. The maximum atomic E-state index is 6.13. The van der Waals surface area contributed by atoms with Crippen molar-refractivity contribution in [1.29, 1.82) is 0 Å². The van der Waals surface area contributed by atoms with Crippen LogP contribution in [0.4, 0.5) is 17.5 Å². The van der Waals surface area contributed by atoms with Crippen LogP contribution in [0, 0.1) is 0 Å². The molecule has 7 heteroatoms. The fraction of sp³-hybridized carbons (Fsp3) is 0.286. The van der Waals surface area contributed by atoms with Crippen molar-refractivity contribution in [2.75, 3.05) is 24.3 Å². The number of nitrogens with one attached hydrogen (secondary N) is 2. The molecule has 0 fully saturated rings. The molecule has 1 heterocycles. The third-order valence-corrected chi connectivity index (χ3v) is 3.59. The molecule has 0 aliphatic carbocycles. The number of anilines is 3. The smallest absolute Gasteiger partial charge is 0.224 e. The average Bonchev–Trinajstić information content (AvgIpc) is 2.48. The molecule has 0 saturated carbocycles. The predicted octanol–water partition coefficient (Wildman–Crippen LogP) is 4.47. The molecule has 0 aliphatic heterocycles. The van der Waals surface area contributed by atoms with Crippen LogP contribution in [0.25, 0.3) is 0 Å². The van der Waals surface area contributed by atoms with Gasteiger partial charge in [-0.2, -0.15) is 4.98 Å². The van der Waals surface area contributed by atoms with E-state index in [2.05, 4.69) is 43.5 Å². The summed E-state index contributed by atoms with van der Waals surface area (Å²) in [5, 5.41) is 6.76. The number of halogens is 2. The monoisotopic (exact) mass is 370 g/mol. The fourth-order valence-electron chi connectivity index (χ4n) is 1.66. The number of methoxy groups -OCH3 is 1. The van der Waals surface area contributed by atoms with Crippen molar-refractivity contribution >= 4 is 45.0 Å². The van der Waals surface area contributed by atoms with Crippen molar-refractivity contribution in [2.24, 2.45) is 0 Å². The molecule has 2 N–H and O–H groups in total. The lowest BCUT2D eigenvalue weighted by Gasteiger charge is -2.11. The lowest BCUT2D eigenvalue weighted by atomic mass is 10.3. The molecule has 2 rings (SSSR count). The summed E-state index contributed by atoms with van der Waals surface area (Å²) in [5.74, 6) is 1.87. The summed E-state index contributed by atoms with van der Waals surface area (Å²) in [6.07, 6.45) is 2.58. The highest BCUT2D eigenvalue weighted by atomic mass is 79.9. The third-order valence-electron chi connectivity index (χ3n) is 2.69. The summed E-state index contributed by atoms with van der Waals surface area (Å²) in [4.78, 5) is 8.51. The van der Waals surface area contributed by atoms with Gasteiger partial charge in [0, 0.05) is 12.2 Å². The molecule has 2 aromatic rings. The van der Waals surface area contributed by atoms with Crippen LogP contribution in [0.1, 0.15) is 13.3 Å². The Morgan fingerprint density at radius 1 is 1.38 bits per heavy atom. The zero-order valence-electron chi connectivity index (χ0n) is 11.8. The van der Waals surface area contributed by atoms with Gasteiger partial charge in [-0.05, 0) is 40.5 Å². The average molecular weight is 372 g/mol. The SMILES string of the molecule is CCCNc1ncc(Cl)c(Nc2ccc(OC)c(Br)c2)n1. The van der Waals surface area contributed by atoms with Crippen molar-refractivity contribution in [3.05, 3.63) is 33.9 Å². The van der Waals surface area contributed by atoms with Gasteiger partial charge in [0.2, 0.25) is 5.95 Å². The molecule has 1 aromatic heterocycles. The number of aromatic nitrogens is 2. The second-order valence-electron chi connectivity index (χ2n) is 4.29. The second kappa shape index (κ2) is 7.47. The van der Waals surface area contributed by atoms with Gasteiger partial charge in [-0.15, -0.1) is 0 Å². The second-order valence-corrected chi connectivity index (χ2v) is 5.55. The van der Waals surface area contributed by atoms with Gasteiger partial charge in [0.1, 0.15) is 10.8 Å². The van der Waals surface area contributed by atoms with Crippen molar-refractivity contribution in [3.63, 3.8) is 0 Å². The summed E-state index contributed by atoms with van der Waals surface area (Å²) < 4.78 is 6.05. The van der Waals surface area contributed by atoms with Crippen LogP contribution < -0.4 is 15.4 Å². The highest BCUT2D eigenvalue weighted by molar-refractivity contribution is 9.10. The highest BCUT2D eigenvalue weighted by Crippen LogP contribution is 2.30. The minimum absolute atomic E-state index is 0.462. The van der Waals surface area contributed by atoms with Gasteiger partial charge in [-0.3, -0.25) is 0 Å². The molecule has 112 valence electrons. The van der Waals surface area contributed by atoms with E-state index in [-0.39, 0.29) is 0 Å². The molecular weight excluding hydrogens is 356 g/mol. The van der Waals surface area contributed by atoms with Gasteiger partial charge in [0.05, 0.1) is 17.8 Å². The van der Waals surface area contributed by atoms with E-state index in [0.29, 0.717) is 16.8 Å². The zero-order valence-corrected chi connectivity index (χ0v) is 14.1. The van der Waals surface area contributed by atoms with E-state index in [1.807, 2.05) is 18.2 Å². The number of rotatable bonds is 6. The number of hydrogen-bond acceptors (Lipinski definition) is 5. The molecule has 0 atom stereocenters. The normalized spacial score (nSPS) is 10.3. The quantitative estimate of drug-likeness (QED) is 0.784. The van der Waals surface area contributed by atoms with Crippen LogP contribution in [0.2, 0.25) is 5.02 Å². The standard InChI is InChI=1S/C14H16BrClN4O/c1-3-6-17-14-18-8-11(16)13(20-14)19-9-4-5-12(21-2)10(15)7-9/h4-5,7-8H,3,6H2,1-2H3,(H2,17,18,19,20). The van der Waals surface area contributed by atoms with Gasteiger partial charge in [0.25, 0.3) is 0 Å². The van der Waals surface area contributed by atoms with Gasteiger partial charge in [-0.1, -0.05) is 18.5 Å². The van der Waals surface area contributed by atoms with Gasteiger partial charge in [-0.25, -0.2) is 4.98 Å². The predicted molar refractivity (Wildman–Crippen MR) is 89.8 cm³/mol. The summed E-state index contributed by atoms with van der Waals surface area (Å²) in [7, 11) is 1.63. The molecule has 21 heavy (non-hydrogen) atoms. The van der Waals surface area contributed by atoms with Crippen LogP contribution in [-0.4, -0.2) is 23.6 Å². The Morgan fingerprint density at radius 2 is 2.19 bits per heavy atom.